The largest absolute Gasteiger partial charge is 0.469 e. The van der Waals surface area contributed by atoms with E-state index in [4.69, 9.17) is 0 Å². The number of amides is 5. The maximum Gasteiger partial charge on any atom is 0.328 e. The van der Waals surface area contributed by atoms with Gasteiger partial charge in [0.25, 0.3) is 5.91 Å². The molecule has 0 saturated heterocycles. The fourth-order valence-electron chi connectivity index (χ4n) is 2.50. The molecule has 5 amide bonds. The topological polar surface area (TPSA) is 222 Å². The molecule has 16 nitrogen and oxygen atoms in total. The molecule has 16 heteroatoms. The summed E-state index contributed by atoms with van der Waals surface area (Å²) in [6.07, 6.45) is -2.09. The van der Waals surface area contributed by atoms with Crippen molar-refractivity contribution in [3.05, 3.63) is 12.2 Å². The minimum absolute atomic E-state index is 0.0403. The van der Waals surface area contributed by atoms with Crippen LogP contribution in [0.3, 0.4) is 0 Å². The van der Waals surface area contributed by atoms with Crippen molar-refractivity contribution in [3.8, 4) is 0 Å². The lowest BCUT2D eigenvalue weighted by Gasteiger charge is -2.22. The van der Waals surface area contributed by atoms with Crippen LogP contribution in [0.4, 0.5) is 4.79 Å². The van der Waals surface area contributed by atoms with Gasteiger partial charge in [-0.15, -0.1) is 0 Å². The van der Waals surface area contributed by atoms with Crippen LogP contribution in [0.15, 0.2) is 12.2 Å². The van der Waals surface area contributed by atoms with E-state index in [1.165, 1.54) is 6.92 Å². The Balaban J connectivity index is 5.82. The number of imide groups is 1. The quantitative estimate of drug-likeness (QED) is 0.111. The summed E-state index contributed by atoms with van der Waals surface area (Å²) in [5.74, 6) is -6.82. The Morgan fingerprint density at radius 3 is 1.51 bits per heavy atom. The van der Waals surface area contributed by atoms with Crippen molar-refractivity contribution in [1.29, 1.82) is 0 Å². The van der Waals surface area contributed by atoms with Gasteiger partial charge in [0, 0.05) is 5.57 Å². The third kappa shape index (κ3) is 12.1. The second kappa shape index (κ2) is 16.2. The van der Waals surface area contributed by atoms with E-state index in [1.54, 1.807) is 0 Å². The second-order valence-corrected chi connectivity index (χ2v) is 7.25. The summed E-state index contributed by atoms with van der Waals surface area (Å²) in [5.41, 5.74) is -0.0403. The second-order valence-electron chi connectivity index (χ2n) is 7.25. The molecule has 0 aliphatic carbocycles. The van der Waals surface area contributed by atoms with Gasteiger partial charge in [-0.3, -0.25) is 29.3 Å². The number of carbonyl (C=O) groups is 8. The average Bonchev–Trinajstić information content (AvgIpc) is 2.85. The molecule has 37 heavy (non-hydrogen) atoms. The summed E-state index contributed by atoms with van der Waals surface area (Å²) >= 11 is 0. The van der Waals surface area contributed by atoms with Crippen LogP contribution in [-0.2, 0) is 52.5 Å². The van der Waals surface area contributed by atoms with Crippen molar-refractivity contribution >= 4 is 47.6 Å². The Hall–Kier alpha value is -4.50. The molecular weight excluding hydrogens is 500 g/mol. The van der Waals surface area contributed by atoms with Crippen molar-refractivity contribution in [2.75, 3.05) is 28.4 Å². The third-order valence-electron chi connectivity index (χ3n) is 4.45. The lowest BCUT2D eigenvalue weighted by Crippen LogP contribution is -2.56. The van der Waals surface area contributed by atoms with Gasteiger partial charge in [0.05, 0.1) is 47.7 Å². The average molecular weight is 530 g/mol. The Morgan fingerprint density at radius 1 is 0.649 bits per heavy atom. The molecule has 0 heterocycles. The van der Waals surface area contributed by atoms with Crippen LogP contribution in [0.2, 0.25) is 0 Å². The van der Waals surface area contributed by atoms with E-state index in [0.717, 1.165) is 28.4 Å². The number of rotatable bonds is 13. The molecule has 0 fully saturated rings. The van der Waals surface area contributed by atoms with E-state index in [0.29, 0.717) is 0 Å². The van der Waals surface area contributed by atoms with Crippen molar-refractivity contribution < 1.29 is 57.3 Å². The van der Waals surface area contributed by atoms with Gasteiger partial charge < -0.3 is 34.9 Å². The first-order valence-corrected chi connectivity index (χ1v) is 10.5. The van der Waals surface area contributed by atoms with Crippen LogP contribution < -0.4 is 21.3 Å². The number of nitrogens with one attached hydrogen (secondary N) is 4. The molecule has 4 N–H and O–H groups in total. The van der Waals surface area contributed by atoms with Crippen molar-refractivity contribution in [1.82, 2.24) is 21.3 Å². The fraction of sp³-hybridized carbons (Fsp3) is 0.524. The molecule has 0 saturated carbocycles. The Morgan fingerprint density at radius 2 is 1.11 bits per heavy atom. The van der Waals surface area contributed by atoms with E-state index in [9.17, 15) is 38.4 Å². The standard InChI is InChI=1S/C21H30N4O12/c1-10(2)17(29)25-21(33)24-11(18(30)23-13(20(32)37-6)9-16(28)35-4)7-14(26)22-12(19(31)36-5)8-15(27)34-3/h11-13H,1,7-9H2,2-6H3,(H,22,26)(H,23,30)(H2,24,25,29,33). The van der Waals surface area contributed by atoms with Gasteiger partial charge in [-0.25, -0.2) is 14.4 Å². The number of urea groups is 1. The Labute approximate surface area is 211 Å². The zero-order valence-corrected chi connectivity index (χ0v) is 21.0. The summed E-state index contributed by atoms with van der Waals surface area (Å²) in [6.45, 7) is 4.66. The van der Waals surface area contributed by atoms with E-state index in [2.05, 4.69) is 41.5 Å². The van der Waals surface area contributed by atoms with Gasteiger partial charge in [-0.2, -0.15) is 0 Å². The molecule has 0 radical (unpaired) electrons. The number of esters is 4. The molecule has 0 bridgehead atoms. The highest BCUT2D eigenvalue weighted by molar-refractivity contribution is 6.04. The number of hydrogen-bond acceptors (Lipinski definition) is 12. The van der Waals surface area contributed by atoms with Crippen LogP contribution in [0.1, 0.15) is 26.2 Å². The minimum Gasteiger partial charge on any atom is -0.469 e. The van der Waals surface area contributed by atoms with Crippen molar-refractivity contribution in [3.63, 3.8) is 0 Å². The lowest BCUT2D eigenvalue weighted by atomic mass is 10.1. The van der Waals surface area contributed by atoms with E-state index in [-0.39, 0.29) is 5.57 Å². The summed E-state index contributed by atoms with van der Waals surface area (Å²) in [5, 5.41) is 8.25. The van der Waals surface area contributed by atoms with Crippen LogP contribution >= 0.6 is 0 Å². The summed E-state index contributed by atoms with van der Waals surface area (Å²) in [6, 6.07) is -6.00. The predicted octanol–water partition coefficient (Wildman–Crippen LogP) is -2.41. The SMILES string of the molecule is C=C(C)C(=O)NC(=O)NC(CC(=O)NC(CC(=O)OC)C(=O)OC)C(=O)NC(CC(=O)OC)C(=O)OC. The molecule has 0 spiro atoms. The normalized spacial score (nSPS) is 12.4. The molecule has 206 valence electrons. The highest BCUT2D eigenvalue weighted by atomic mass is 16.5. The fourth-order valence-corrected chi connectivity index (χ4v) is 2.50. The number of carbonyl (C=O) groups excluding carboxylic acids is 8. The molecule has 3 unspecified atom stereocenters. The summed E-state index contributed by atoms with van der Waals surface area (Å²) in [7, 11) is 4.10. The zero-order valence-electron chi connectivity index (χ0n) is 21.0. The summed E-state index contributed by atoms with van der Waals surface area (Å²) in [4.78, 5) is 96.5. The molecule has 0 rings (SSSR count). The van der Waals surface area contributed by atoms with Crippen LogP contribution in [-0.4, -0.2) is 94.2 Å². The number of methoxy groups -OCH3 is 4. The summed E-state index contributed by atoms with van der Waals surface area (Å²) < 4.78 is 18.0. The molecule has 3 atom stereocenters. The highest BCUT2D eigenvalue weighted by Crippen LogP contribution is 2.04. The minimum atomic E-state index is -1.75. The molecule has 0 aliphatic heterocycles. The maximum atomic E-state index is 12.9. The van der Waals surface area contributed by atoms with E-state index in [1.807, 2.05) is 5.32 Å². The van der Waals surface area contributed by atoms with Crippen LogP contribution in [0.25, 0.3) is 0 Å². The van der Waals surface area contributed by atoms with Crippen molar-refractivity contribution in [2.45, 2.75) is 44.3 Å². The first-order valence-electron chi connectivity index (χ1n) is 10.5. The first-order chi connectivity index (χ1) is 17.3. The van der Waals surface area contributed by atoms with Gasteiger partial charge in [-0.1, -0.05) is 6.58 Å². The molecule has 0 aromatic rings. The smallest absolute Gasteiger partial charge is 0.328 e. The zero-order chi connectivity index (χ0) is 28.7. The van der Waals surface area contributed by atoms with Crippen molar-refractivity contribution in [2.24, 2.45) is 0 Å². The monoisotopic (exact) mass is 530 g/mol. The van der Waals surface area contributed by atoms with Gasteiger partial charge in [0.2, 0.25) is 11.8 Å². The molecule has 0 aromatic carbocycles. The molecule has 0 aromatic heterocycles. The third-order valence-corrected chi connectivity index (χ3v) is 4.45. The Bertz CT molecular complexity index is 932. The van der Waals surface area contributed by atoms with Gasteiger partial charge in [-0.05, 0) is 6.92 Å². The lowest BCUT2D eigenvalue weighted by molar-refractivity contribution is -0.151. The van der Waals surface area contributed by atoms with E-state index < -0.39 is 85.0 Å². The van der Waals surface area contributed by atoms with Gasteiger partial charge in [0.1, 0.15) is 18.1 Å². The maximum absolute atomic E-state index is 12.9. The number of ether oxygens (including phenoxy) is 4. The Kier molecular flexibility index (Phi) is 14.2. The highest BCUT2D eigenvalue weighted by Gasteiger charge is 2.32. The number of hydrogen-bond donors (Lipinski definition) is 4. The molecular formula is C21H30N4O12. The van der Waals surface area contributed by atoms with Gasteiger partial charge in [0.15, 0.2) is 0 Å². The predicted molar refractivity (Wildman–Crippen MR) is 121 cm³/mol. The van der Waals surface area contributed by atoms with E-state index >= 15 is 0 Å². The van der Waals surface area contributed by atoms with Gasteiger partial charge >= 0.3 is 29.9 Å². The van der Waals surface area contributed by atoms with Crippen LogP contribution in [0, 0.1) is 0 Å². The van der Waals surface area contributed by atoms with Crippen LogP contribution in [0.5, 0.6) is 0 Å². The molecule has 0 aliphatic rings. The first kappa shape index (κ1) is 32.5.